The predicted octanol–water partition coefficient (Wildman–Crippen LogP) is 1.35. The first-order valence-corrected chi connectivity index (χ1v) is 4.20. The summed E-state index contributed by atoms with van der Waals surface area (Å²) >= 11 is 0. The van der Waals surface area contributed by atoms with Gasteiger partial charge in [0.05, 0.1) is 5.60 Å². The Hall–Kier alpha value is -0.830. The quantitative estimate of drug-likeness (QED) is 0.740. The molecule has 1 heterocycles. The second-order valence-corrected chi connectivity index (χ2v) is 3.76. The van der Waals surface area contributed by atoms with Gasteiger partial charge in [0.1, 0.15) is 0 Å². The molecule has 0 radical (unpaired) electrons. The van der Waals surface area contributed by atoms with E-state index in [2.05, 4.69) is 5.10 Å². The Labute approximate surface area is 73.0 Å². The summed E-state index contributed by atoms with van der Waals surface area (Å²) in [6.07, 6.45) is 2.51. The van der Waals surface area contributed by atoms with Crippen molar-refractivity contribution in [1.29, 1.82) is 0 Å². The molecule has 0 saturated carbocycles. The lowest BCUT2D eigenvalue weighted by Gasteiger charge is -2.16. The molecular weight excluding hydrogens is 152 g/mol. The van der Waals surface area contributed by atoms with E-state index >= 15 is 0 Å². The molecule has 3 heteroatoms. The lowest BCUT2D eigenvalue weighted by molar-refractivity contribution is 0.0649. The van der Waals surface area contributed by atoms with E-state index in [0.29, 0.717) is 0 Å². The number of hydrogen-bond acceptors (Lipinski definition) is 2. The zero-order valence-corrected chi connectivity index (χ0v) is 7.91. The number of aryl methyl sites for hydroxylation is 2. The summed E-state index contributed by atoms with van der Waals surface area (Å²) in [5.41, 5.74) is 0.539. The molecule has 3 nitrogen and oxygen atoms in total. The Morgan fingerprint density at radius 2 is 2.25 bits per heavy atom. The van der Waals surface area contributed by atoms with Gasteiger partial charge in [0.2, 0.25) is 0 Å². The minimum Gasteiger partial charge on any atom is -0.390 e. The van der Waals surface area contributed by atoms with Crippen molar-refractivity contribution >= 4 is 0 Å². The largest absolute Gasteiger partial charge is 0.390 e. The monoisotopic (exact) mass is 168 g/mol. The van der Waals surface area contributed by atoms with Gasteiger partial charge in [-0.2, -0.15) is 5.10 Å². The van der Waals surface area contributed by atoms with Crippen LogP contribution in [-0.2, 0) is 6.54 Å². The van der Waals surface area contributed by atoms with Crippen molar-refractivity contribution < 1.29 is 5.11 Å². The maximum atomic E-state index is 9.47. The van der Waals surface area contributed by atoms with Crippen LogP contribution >= 0.6 is 0 Å². The molecule has 0 spiro atoms. The van der Waals surface area contributed by atoms with Crippen LogP contribution in [0.5, 0.6) is 0 Å². The Bertz CT molecular complexity index is 247. The highest BCUT2D eigenvalue weighted by atomic mass is 16.3. The summed E-state index contributed by atoms with van der Waals surface area (Å²) in [4.78, 5) is 0. The number of aliphatic hydroxyl groups is 1. The van der Waals surface area contributed by atoms with E-state index in [4.69, 9.17) is 0 Å². The van der Waals surface area contributed by atoms with Crippen molar-refractivity contribution in [2.24, 2.45) is 0 Å². The maximum Gasteiger partial charge on any atom is 0.0609 e. The third-order valence-corrected chi connectivity index (χ3v) is 1.86. The van der Waals surface area contributed by atoms with Crippen molar-refractivity contribution in [2.75, 3.05) is 0 Å². The first-order valence-electron chi connectivity index (χ1n) is 4.20. The highest BCUT2D eigenvalue weighted by Crippen LogP contribution is 2.09. The molecule has 1 aromatic rings. The van der Waals surface area contributed by atoms with Crippen LogP contribution in [0.3, 0.4) is 0 Å². The van der Waals surface area contributed by atoms with Crippen molar-refractivity contribution in [3.8, 4) is 0 Å². The molecule has 12 heavy (non-hydrogen) atoms. The number of nitrogens with zero attached hydrogens (tertiary/aromatic N) is 2. The number of aromatic nitrogens is 2. The molecule has 68 valence electrons. The van der Waals surface area contributed by atoms with Crippen LogP contribution in [0, 0.1) is 6.92 Å². The van der Waals surface area contributed by atoms with Gasteiger partial charge in [-0.05, 0) is 33.3 Å². The molecule has 0 aliphatic heterocycles. The molecule has 0 aliphatic carbocycles. The average molecular weight is 168 g/mol. The molecular formula is C9H16N2O. The van der Waals surface area contributed by atoms with Crippen LogP contribution < -0.4 is 0 Å². The van der Waals surface area contributed by atoms with Crippen LogP contribution in [0.4, 0.5) is 0 Å². The Morgan fingerprint density at radius 1 is 1.58 bits per heavy atom. The minimum atomic E-state index is -0.599. The SMILES string of the molecule is Cc1ccnn1CCC(C)(C)O. The summed E-state index contributed by atoms with van der Waals surface area (Å²) in [5.74, 6) is 0. The fourth-order valence-corrected chi connectivity index (χ4v) is 1.01. The number of hydrogen-bond donors (Lipinski definition) is 1. The fourth-order valence-electron chi connectivity index (χ4n) is 1.01. The van der Waals surface area contributed by atoms with Gasteiger partial charge in [0.25, 0.3) is 0 Å². The molecule has 1 N–H and O–H groups in total. The van der Waals surface area contributed by atoms with Gasteiger partial charge in [-0.25, -0.2) is 0 Å². The molecule has 0 aliphatic rings. The van der Waals surface area contributed by atoms with Crippen molar-refractivity contribution in [1.82, 2.24) is 9.78 Å². The highest BCUT2D eigenvalue weighted by Gasteiger charge is 2.12. The first kappa shape index (κ1) is 9.26. The van der Waals surface area contributed by atoms with Gasteiger partial charge < -0.3 is 5.11 Å². The van der Waals surface area contributed by atoms with E-state index in [1.165, 1.54) is 0 Å². The van der Waals surface area contributed by atoms with Crippen LogP contribution in [-0.4, -0.2) is 20.5 Å². The van der Waals surface area contributed by atoms with Crippen LogP contribution in [0.15, 0.2) is 12.3 Å². The molecule has 0 saturated heterocycles. The molecule has 0 atom stereocenters. The van der Waals surface area contributed by atoms with Crippen molar-refractivity contribution in [3.05, 3.63) is 18.0 Å². The van der Waals surface area contributed by atoms with Gasteiger partial charge >= 0.3 is 0 Å². The first-order chi connectivity index (χ1) is 5.49. The Balaban J connectivity index is 2.49. The molecule has 0 unspecified atom stereocenters. The molecule has 0 aromatic carbocycles. The maximum absolute atomic E-state index is 9.47. The van der Waals surface area contributed by atoms with E-state index in [1.807, 2.05) is 31.5 Å². The van der Waals surface area contributed by atoms with Crippen molar-refractivity contribution in [3.63, 3.8) is 0 Å². The third kappa shape index (κ3) is 2.66. The lowest BCUT2D eigenvalue weighted by atomic mass is 10.1. The summed E-state index contributed by atoms with van der Waals surface area (Å²) in [5, 5.41) is 13.6. The summed E-state index contributed by atoms with van der Waals surface area (Å²) in [6, 6.07) is 1.96. The van der Waals surface area contributed by atoms with E-state index in [9.17, 15) is 5.11 Å². The van der Waals surface area contributed by atoms with E-state index in [0.717, 1.165) is 18.7 Å². The van der Waals surface area contributed by atoms with Gasteiger partial charge in [0, 0.05) is 18.4 Å². The summed E-state index contributed by atoms with van der Waals surface area (Å²) < 4.78 is 1.90. The van der Waals surface area contributed by atoms with Gasteiger partial charge in [-0.1, -0.05) is 0 Å². The topological polar surface area (TPSA) is 38.0 Å². The second kappa shape index (κ2) is 3.27. The number of rotatable bonds is 3. The predicted molar refractivity (Wildman–Crippen MR) is 47.9 cm³/mol. The van der Waals surface area contributed by atoms with E-state index in [1.54, 1.807) is 6.20 Å². The molecule has 1 aromatic heterocycles. The van der Waals surface area contributed by atoms with E-state index in [-0.39, 0.29) is 0 Å². The normalized spacial score (nSPS) is 12.0. The zero-order valence-electron chi connectivity index (χ0n) is 7.91. The van der Waals surface area contributed by atoms with Crippen LogP contribution in [0.2, 0.25) is 0 Å². The average Bonchev–Trinajstić information content (AvgIpc) is 2.29. The highest BCUT2D eigenvalue weighted by molar-refractivity contribution is 4.96. The second-order valence-electron chi connectivity index (χ2n) is 3.76. The van der Waals surface area contributed by atoms with Gasteiger partial charge in [-0.3, -0.25) is 4.68 Å². The standard InChI is InChI=1S/C9H16N2O/c1-8-4-6-10-11(8)7-5-9(2,3)12/h4,6,12H,5,7H2,1-3H3. The fraction of sp³-hybridized carbons (Fsp3) is 0.667. The molecule has 1 rings (SSSR count). The summed E-state index contributed by atoms with van der Waals surface area (Å²) in [7, 11) is 0. The van der Waals surface area contributed by atoms with Gasteiger partial charge in [0.15, 0.2) is 0 Å². The minimum absolute atomic E-state index is 0.599. The molecule has 0 bridgehead atoms. The molecule has 0 amide bonds. The van der Waals surface area contributed by atoms with Crippen LogP contribution in [0.1, 0.15) is 26.0 Å². The Morgan fingerprint density at radius 3 is 2.67 bits per heavy atom. The summed E-state index contributed by atoms with van der Waals surface area (Å²) in [6.45, 7) is 6.41. The van der Waals surface area contributed by atoms with Crippen LogP contribution in [0.25, 0.3) is 0 Å². The van der Waals surface area contributed by atoms with Crippen molar-refractivity contribution in [2.45, 2.75) is 39.3 Å². The third-order valence-electron chi connectivity index (χ3n) is 1.86. The lowest BCUT2D eigenvalue weighted by Crippen LogP contribution is -2.21. The van der Waals surface area contributed by atoms with E-state index < -0.39 is 5.60 Å². The molecule has 0 fully saturated rings. The Kier molecular flexibility index (Phi) is 2.52. The van der Waals surface area contributed by atoms with Gasteiger partial charge in [-0.15, -0.1) is 0 Å². The zero-order chi connectivity index (χ0) is 9.19. The smallest absolute Gasteiger partial charge is 0.0609 e.